The third-order valence-corrected chi connectivity index (χ3v) is 6.05. The van der Waals surface area contributed by atoms with Crippen LogP contribution in [0, 0.1) is 5.21 Å². The highest BCUT2D eigenvalue weighted by molar-refractivity contribution is 4.51. The molecule has 0 heterocycles. The summed E-state index contributed by atoms with van der Waals surface area (Å²) in [6, 6.07) is 0. The van der Waals surface area contributed by atoms with E-state index in [4.69, 9.17) is 0 Å². The molecule has 2 nitrogen and oxygen atoms in total. The molecule has 0 N–H and O–H groups in total. The van der Waals surface area contributed by atoms with Gasteiger partial charge < -0.3 is 9.85 Å². The zero-order chi connectivity index (χ0) is 20.8. The fourth-order valence-electron chi connectivity index (χ4n) is 4.10. The first-order valence-electron chi connectivity index (χ1n) is 13.1. The normalized spacial score (nSPS) is 12.0. The summed E-state index contributed by atoms with van der Waals surface area (Å²) in [5.41, 5.74) is 0. The molecule has 0 unspecified atom stereocenters. The van der Waals surface area contributed by atoms with Crippen LogP contribution in [-0.4, -0.2) is 25.3 Å². The summed E-state index contributed by atoms with van der Waals surface area (Å²) in [5.74, 6) is 0. The van der Waals surface area contributed by atoms with Crippen molar-refractivity contribution in [2.24, 2.45) is 0 Å². The molecule has 0 aliphatic heterocycles. The molecule has 0 aliphatic carbocycles. The lowest BCUT2D eigenvalue weighted by molar-refractivity contribution is -0.840. The van der Waals surface area contributed by atoms with Crippen LogP contribution in [0.3, 0.4) is 0 Å². The molecular formula is C26H55NO. The lowest BCUT2D eigenvalue weighted by Gasteiger charge is -2.33. The average Bonchev–Trinajstić information content (AvgIpc) is 2.65. The van der Waals surface area contributed by atoms with Gasteiger partial charge in [0.1, 0.15) is 0 Å². The topological polar surface area (TPSA) is 23.1 Å². The maximum absolute atomic E-state index is 11.4. The van der Waals surface area contributed by atoms with Gasteiger partial charge in [0.25, 0.3) is 0 Å². The number of unbranched alkanes of at least 4 members (excludes halogenated alkanes) is 21. The first-order chi connectivity index (χ1) is 13.6. The number of hydroxylamine groups is 3. The molecule has 0 fully saturated rings. The zero-order valence-corrected chi connectivity index (χ0v) is 20.1. The molecule has 0 rings (SSSR count). The Morgan fingerprint density at radius 2 is 0.607 bits per heavy atom. The Bertz CT molecular complexity index is 285. The summed E-state index contributed by atoms with van der Waals surface area (Å²) >= 11 is 0. The Balaban J connectivity index is 3.01. The predicted octanol–water partition coefficient (Wildman–Crippen LogP) is 9.16. The molecular weight excluding hydrogens is 342 g/mol. The average molecular weight is 398 g/mol. The smallest absolute Gasteiger partial charge is 0.0779 e. The van der Waals surface area contributed by atoms with Crippen molar-refractivity contribution in [2.45, 2.75) is 148 Å². The van der Waals surface area contributed by atoms with E-state index < -0.39 is 0 Å². The number of hydrogen-bond acceptors (Lipinski definition) is 1. The highest BCUT2D eigenvalue weighted by Crippen LogP contribution is 2.15. The van der Waals surface area contributed by atoms with Crippen LogP contribution in [-0.2, 0) is 0 Å². The Morgan fingerprint density at radius 1 is 0.393 bits per heavy atom. The second-order valence-corrected chi connectivity index (χ2v) is 9.72. The van der Waals surface area contributed by atoms with Crippen LogP contribution in [0.1, 0.15) is 148 Å². The van der Waals surface area contributed by atoms with Crippen molar-refractivity contribution in [1.29, 1.82) is 0 Å². The van der Waals surface area contributed by atoms with Gasteiger partial charge >= 0.3 is 0 Å². The molecule has 0 bridgehead atoms. The third-order valence-electron chi connectivity index (χ3n) is 6.05. The molecule has 0 aromatic heterocycles. The fraction of sp³-hybridized carbons (Fsp3) is 1.00. The van der Waals surface area contributed by atoms with E-state index in [1.807, 2.05) is 0 Å². The molecule has 0 radical (unpaired) electrons. The minimum absolute atomic E-state index is 0.126. The molecule has 0 amide bonds. The minimum atomic E-state index is -0.126. The number of rotatable bonds is 23. The van der Waals surface area contributed by atoms with Gasteiger partial charge in [-0.1, -0.05) is 135 Å². The number of quaternary nitrogens is 1. The summed E-state index contributed by atoms with van der Waals surface area (Å²) in [5, 5.41) is 11.4. The van der Waals surface area contributed by atoms with Crippen LogP contribution in [0.4, 0.5) is 0 Å². The van der Waals surface area contributed by atoms with E-state index in [0.717, 1.165) is 13.0 Å². The Kier molecular flexibility index (Phi) is 21.6. The summed E-state index contributed by atoms with van der Waals surface area (Å²) in [6.07, 6.45) is 31.1. The highest BCUT2D eigenvalue weighted by Gasteiger charge is 2.00. The molecule has 28 heavy (non-hydrogen) atoms. The second kappa shape index (κ2) is 21.6. The van der Waals surface area contributed by atoms with Gasteiger partial charge in [0.15, 0.2) is 0 Å². The largest absolute Gasteiger partial charge is 0.633 e. The van der Waals surface area contributed by atoms with Crippen molar-refractivity contribution in [3.8, 4) is 0 Å². The number of hydrogen-bond donors (Lipinski definition) is 0. The highest BCUT2D eigenvalue weighted by atomic mass is 16.5. The summed E-state index contributed by atoms with van der Waals surface area (Å²) in [7, 11) is 3.49. The van der Waals surface area contributed by atoms with E-state index in [2.05, 4.69) is 6.92 Å². The van der Waals surface area contributed by atoms with Gasteiger partial charge in [0.05, 0.1) is 20.6 Å². The van der Waals surface area contributed by atoms with Crippen molar-refractivity contribution in [2.75, 3.05) is 20.6 Å². The predicted molar refractivity (Wildman–Crippen MR) is 128 cm³/mol. The molecule has 170 valence electrons. The monoisotopic (exact) mass is 397 g/mol. The molecule has 0 atom stereocenters. The van der Waals surface area contributed by atoms with Crippen LogP contribution >= 0.6 is 0 Å². The standard InChI is InChI=1S/C26H55NO/c1-4-5-6-7-8-9-10-11-12-13-14-15-16-17-18-19-20-21-22-23-24-25-26-27(2,3)28/h4-26H2,1-3H3. The molecule has 0 saturated carbocycles. The van der Waals surface area contributed by atoms with Crippen LogP contribution in [0.25, 0.3) is 0 Å². The lowest BCUT2D eigenvalue weighted by Crippen LogP contribution is -2.32. The van der Waals surface area contributed by atoms with Crippen molar-refractivity contribution in [1.82, 2.24) is 0 Å². The van der Waals surface area contributed by atoms with Gasteiger partial charge in [-0.25, -0.2) is 0 Å². The van der Waals surface area contributed by atoms with E-state index in [1.165, 1.54) is 135 Å². The van der Waals surface area contributed by atoms with Gasteiger partial charge in [-0.15, -0.1) is 0 Å². The van der Waals surface area contributed by atoms with Crippen molar-refractivity contribution < 1.29 is 4.65 Å². The zero-order valence-electron chi connectivity index (χ0n) is 20.1. The summed E-state index contributed by atoms with van der Waals surface area (Å²) in [6.45, 7) is 3.07. The minimum Gasteiger partial charge on any atom is -0.633 e. The van der Waals surface area contributed by atoms with Crippen LogP contribution < -0.4 is 0 Å². The Morgan fingerprint density at radius 3 is 0.821 bits per heavy atom. The molecule has 2 heteroatoms. The second-order valence-electron chi connectivity index (χ2n) is 9.72. The summed E-state index contributed by atoms with van der Waals surface area (Å²) < 4.78 is -0.126. The van der Waals surface area contributed by atoms with E-state index in [9.17, 15) is 5.21 Å². The Hall–Kier alpha value is -0.0800. The van der Waals surface area contributed by atoms with Gasteiger partial charge in [-0.3, -0.25) is 0 Å². The maximum Gasteiger partial charge on any atom is 0.0779 e. The van der Waals surface area contributed by atoms with Crippen molar-refractivity contribution in [3.05, 3.63) is 5.21 Å². The van der Waals surface area contributed by atoms with Gasteiger partial charge in [-0.2, -0.15) is 0 Å². The molecule has 0 spiro atoms. The number of nitrogens with zero attached hydrogens (tertiary/aromatic N) is 1. The Labute approximate surface area is 179 Å². The van der Waals surface area contributed by atoms with E-state index in [1.54, 1.807) is 14.1 Å². The van der Waals surface area contributed by atoms with Crippen LogP contribution in [0.15, 0.2) is 0 Å². The van der Waals surface area contributed by atoms with Gasteiger partial charge in [0.2, 0.25) is 0 Å². The third kappa shape index (κ3) is 25.9. The maximum atomic E-state index is 11.4. The van der Waals surface area contributed by atoms with Crippen LogP contribution in [0.2, 0.25) is 0 Å². The fourth-order valence-corrected chi connectivity index (χ4v) is 4.10. The van der Waals surface area contributed by atoms with Gasteiger partial charge in [-0.05, 0) is 12.8 Å². The molecule has 0 saturated heterocycles. The van der Waals surface area contributed by atoms with Crippen molar-refractivity contribution >= 4 is 0 Å². The van der Waals surface area contributed by atoms with Gasteiger partial charge in [0, 0.05) is 0 Å². The lowest BCUT2D eigenvalue weighted by atomic mass is 10.0. The summed E-state index contributed by atoms with van der Waals surface area (Å²) in [4.78, 5) is 0. The van der Waals surface area contributed by atoms with Crippen molar-refractivity contribution in [3.63, 3.8) is 0 Å². The first-order valence-corrected chi connectivity index (χ1v) is 13.1. The quantitative estimate of drug-likeness (QED) is 0.0957. The molecule has 0 aliphatic rings. The van der Waals surface area contributed by atoms with E-state index >= 15 is 0 Å². The molecule has 0 aromatic carbocycles. The first kappa shape index (κ1) is 27.9. The van der Waals surface area contributed by atoms with E-state index in [-0.39, 0.29) is 4.65 Å². The SMILES string of the molecule is CCCCCCCCCCCCCCCCCCCCCCCC[N+](C)(C)[O-]. The molecule has 0 aromatic rings. The van der Waals surface area contributed by atoms with E-state index in [0.29, 0.717) is 0 Å². The van der Waals surface area contributed by atoms with Crippen LogP contribution in [0.5, 0.6) is 0 Å².